The van der Waals surface area contributed by atoms with Crippen molar-refractivity contribution in [3.05, 3.63) is 59.7 Å². The number of anilines is 1. The lowest BCUT2D eigenvalue weighted by atomic mass is 10.1. The van der Waals surface area contributed by atoms with Crippen LogP contribution in [-0.4, -0.2) is 42.8 Å². The van der Waals surface area contributed by atoms with E-state index in [9.17, 15) is 19.2 Å². The molecule has 0 spiro atoms. The minimum absolute atomic E-state index is 0.127. The minimum atomic E-state index is -1.04. The van der Waals surface area contributed by atoms with E-state index in [1.165, 1.54) is 6.92 Å². The molecule has 0 radical (unpaired) electrons. The summed E-state index contributed by atoms with van der Waals surface area (Å²) in [5.74, 6) is -1.50. The molecule has 0 aliphatic heterocycles. The number of ether oxygens (including phenoxy) is 2. The third-order valence-electron chi connectivity index (χ3n) is 4.46. The molecule has 1 atom stereocenters. The molecular formula is C24H28N2O6. The van der Waals surface area contributed by atoms with Crippen molar-refractivity contribution in [3.63, 3.8) is 0 Å². The zero-order valence-electron chi connectivity index (χ0n) is 18.6. The van der Waals surface area contributed by atoms with Crippen LogP contribution in [-0.2, 0) is 14.3 Å². The second kappa shape index (κ2) is 11.6. The van der Waals surface area contributed by atoms with Crippen molar-refractivity contribution in [2.24, 2.45) is 5.92 Å². The summed E-state index contributed by atoms with van der Waals surface area (Å²) in [4.78, 5) is 48.7. The Morgan fingerprint density at radius 1 is 0.938 bits per heavy atom. The van der Waals surface area contributed by atoms with E-state index >= 15 is 0 Å². The maximum Gasteiger partial charge on any atom is 0.326 e. The van der Waals surface area contributed by atoms with E-state index in [0.717, 1.165) is 0 Å². The zero-order valence-corrected chi connectivity index (χ0v) is 18.6. The first kappa shape index (κ1) is 24.6. The number of amides is 2. The Balaban J connectivity index is 1.88. The number of nitrogens with one attached hydrogen (secondary N) is 2. The molecule has 0 aliphatic rings. The molecule has 0 aliphatic carbocycles. The second-order valence-electron chi connectivity index (χ2n) is 7.33. The maximum atomic E-state index is 12.5. The van der Waals surface area contributed by atoms with E-state index < -0.39 is 30.3 Å². The van der Waals surface area contributed by atoms with Crippen molar-refractivity contribution in [2.45, 2.75) is 33.8 Å². The van der Waals surface area contributed by atoms with Crippen LogP contribution in [0.5, 0.6) is 5.75 Å². The van der Waals surface area contributed by atoms with E-state index in [1.54, 1.807) is 69.3 Å². The van der Waals surface area contributed by atoms with Crippen LogP contribution in [0.4, 0.5) is 5.69 Å². The molecule has 170 valence electrons. The zero-order chi connectivity index (χ0) is 23.7. The topological polar surface area (TPSA) is 111 Å². The van der Waals surface area contributed by atoms with Crippen LogP contribution >= 0.6 is 0 Å². The first-order valence-electron chi connectivity index (χ1n) is 10.4. The summed E-state index contributed by atoms with van der Waals surface area (Å²) >= 11 is 0. The number of Topliss-reactive ketones (excluding diaryl/α,β-unsaturated/α-hetero) is 1. The number of carbonyl (C=O) groups is 4. The molecule has 0 saturated heterocycles. The molecule has 0 heterocycles. The van der Waals surface area contributed by atoms with E-state index in [2.05, 4.69) is 10.6 Å². The first-order chi connectivity index (χ1) is 15.2. The van der Waals surface area contributed by atoms with Crippen LogP contribution in [0.1, 0.15) is 48.4 Å². The quantitative estimate of drug-likeness (QED) is 0.434. The fourth-order valence-electron chi connectivity index (χ4n) is 2.71. The summed E-state index contributed by atoms with van der Waals surface area (Å²) in [7, 11) is 0. The molecule has 8 heteroatoms. The number of para-hydroxylation sites is 1. The summed E-state index contributed by atoms with van der Waals surface area (Å²) in [6, 6.07) is 13.0. The van der Waals surface area contributed by atoms with Crippen LogP contribution in [0.15, 0.2) is 48.5 Å². The van der Waals surface area contributed by atoms with Gasteiger partial charge < -0.3 is 20.1 Å². The smallest absolute Gasteiger partial charge is 0.326 e. The Kier molecular flexibility index (Phi) is 8.95. The average Bonchev–Trinajstić information content (AvgIpc) is 2.78. The number of benzene rings is 2. The lowest BCUT2D eigenvalue weighted by Gasteiger charge is -2.14. The van der Waals surface area contributed by atoms with Crippen LogP contribution in [0.3, 0.4) is 0 Å². The first-order valence-corrected chi connectivity index (χ1v) is 10.4. The van der Waals surface area contributed by atoms with Crippen LogP contribution in [0, 0.1) is 5.92 Å². The SMILES string of the molecule is CCOc1ccccc1C(=O)NCC(=O)OC(C)C(=O)c1ccc(NC(=O)C(C)C)cc1. The van der Waals surface area contributed by atoms with Gasteiger partial charge in [0.05, 0.1) is 12.2 Å². The van der Waals surface area contributed by atoms with E-state index in [1.807, 2.05) is 0 Å². The number of rotatable bonds is 10. The molecule has 0 saturated carbocycles. The van der Waals surface area contributed by atoms with E-state index in [-0.39, 0.29) is 11.8 Å². The number of ketones is 1. The van der Waals surface area contributed by atoms with Gasteiger partial charge in [0.2, 0.25) is 11.7 Å². The van der Waals surface area contributed by atoms with Gasteiger partial charge in [0, 0.05) is 17.2 Å². The van der Waals surface area contributed by atoms with Crippen molar-refractivity contribution < 1.29 is 28.7 Å². The van der Waals surface area contributed by atoms with Gasteiger partial charge in [0.25, 0.3) is 5.91 Å². The van der Waals surface area contributed by atoms with Crippen LogP contribution < -0.4 is 15.4 Å². The van der Waals surface area contributed by atoms with Gasteiger partial charge in [-0.25, -0.2) is 0 Å². The highest BCUT2D eigenvalue weighted by atomic mass is 16.5. The fourth-order valence-corrected chi connectivity index (χ4v) is 2.71. The van der Waals surface area contributed by atoms with E-state index in [0.29, 0.717) is 29.2 Å². The maximum absolute atomic E-state index is 12.5. The number of hydrogen-bond acceptors (Lipinski definition) is 6. The molecule has 0 fully saturated rings. The molecule has 2 aromatic carbocycles. The van der Waals surface area contributed by atoms with Crippen molar-refractivity contribution in [3.8, 4) is 5.75 Å². The molecule has 8 nitrogen and oxygen atoms in total. The van der Waals surface area contributed by atoms with Crippen molar-refractivity contribution in [1.82, 2.24) is 5.32 Å². The standard InChI is InChI=1S/C24H28N2O6/c1-5-31-20-9-7-6-8-19(20)24(30)25-14-21(27)32-16(4)22(28)17-10-12-18(13-11-17)26-23(29)15(2)3/h6-13,15-16H,5,14H2,1-4H3,(H,25,30)(H,26,29). The van der Waals surface area contributed by atoms with Gasteiger partial charge in [-0.3, -0.25) is 19.2 Å². The molecule has 2 N–H and O–H groups in total. The third kappa shape index (κ3) is 6.94. The Bertz CT molecular complexity index is 969. The Morgan fingerprint density at radius 3 is 2.22 bits per heavy atom. The second-order valence-corrected chi connectivity index (χ2v) is 7.33. The summed E-state index contributed by atoms with van der Waals surface area (Å²) in [6.45, 7) is 6.83. The average molecular weight is 440 g/mol. The normalized spacial score (nSPS) is 11.4. The Labute approximate surface area is 187 Å². The largest absolute Gasteiger partial charge is 0.493 e. The van der Waals surface area contributed by atoms with Crippen molar-refractivity contribution in [1.29, 1.82) is 0 Å². The highest BCUT2D eigenvalue weighted by Gasteiger charge is 2.21. The highest BCUT2D eigenvalue weighted by molar-refractivity contribution is 6.01. The number of hydrogen-bond donors (Lipinski definition) is 2. The monoisotopic (exact) mass is 440 g/mol. The van der Waals surface area contributed by atoms with Crippen molar-refractivity contribution >= 4 is 29.3 Å². The Hall–Kier alpha value is -3.68. The third-order valence-corrected chi connectivity index (χ3v) is 4.46. The predicted molar refractivity (Wildman–Crippen MR) is 120 cm³/mol. The molecule has 0 aromatic heterocycles. The summed E-state index contributed by atoms with van der Waals surface area (Å²) in [5.41, 5.74) is 1.21. The number of esters is 1. The van der Waals surface area contributed by atoms with Gasteiger partial charge >= 0.3 is 5.97 Å². The lowest BCUT2D eigenvalue weighted by molar-refractivity contribution is -0.145. The molecule has 0 bridgehead atoms. The Morgan fingerprint density at radius 2 is 1.59 bits per heavy atom. The van der Waals surface area contributed by atoms with Crippen molar-refractivity contribution in [2.75, 3.05) is 18.5 Å². The van der Waals surface area contributed by atoms with E-state index in [4.69, 9.17) is 9.47 Å². The summed E-state index contributed by atoms with van der Waals surface area (Å²) in [5, 5.41) is 5.21. The lowest BCUT2D eigenvalue weighted by Crippen LogP contribution is -2.34. The minimum Gasteiger partial charge on any atom is -0.493 e. The molecule has 2 rings (SSSR count). The fraction of sp³-hybridized carbons (Fsp3) is 0.333. The van der Waals surface area contributed by atoms with Crippen LogP contribution in [0.25, 0.3) is 0 Å². The molecule has 32 heavy (non-hydrogen) atoms. The molecular weight excluding hydrogens is 412 g/mol. The predicted octanol–water partition coefficient (Wildman–Crippen LogP) is 3.22. The number of carbonyl (C=O) groups excluding carboxylic acids is 4. The van der Waals surface area contributed by atoms with Crippen LogP contribution in [0.2, 0.25) is 0 Å². The van der Waals surface area contributed by atoms with Gasteiger partial charge in [-0.1, -0.05) is 26.0 Å². The molecule has 2 aromatic rings. The molecule has 2 amide bonds. The van der Waals surface area contributed by atoms with Gasteiger partial charge in [0.15, 0.2) is 6.10 Å². The highest BCUT2D eigenvalue weighted by Crippen LogP contribution is 2.17. The summed E-state index contributed by atoms with van der Waals surface area (Å²) in [6.07, 6.45) is -1.04. The summed E-state index contributed by atoms with van der Waals surface area (Å²) < 4.78 is 10.6. The van der Waals surface area contributed by atoms with Gasteiger partial charge in [-0.05, 0) is 50.2 Å². The van der Waals surface area contributed by atoms with Gasteiger partial charge in [-0.2, -0.15) is 0 Å². The molecule has 1 unspecified atom stereocenters. The van der Waals surface area contributed by atoms with Gasteiger partial charge in [-0.15, -0.1) is 0 Å². The van der Waals surface area contributed by atoms with Gasteiger partial charge in [0.1, 0.15) is 12.3 Å².